The maximum atomic E-state index is 9.62. The Kier molecular flexibility index (Phi) is 8.36. The molecule has 0 bridgehead atoms. The molecule has 0 unspecified atom stereocenters. The Hall–Kier alpha value is -3.24. The zero-order valence-corrected chi connectivity index (χ0v) is 24.9. The number of benzene rings is 2. The van der Waals surface area contributed by atoms with Crippen LogP contribution in [0.5, 0.6) is 11.8 Å². The lowest BCUT2D eigenvalue weighted by Gasteiger charge is -2.35. The topological polar surface area (TPSA) is 91.2 Å². The number of aromatic nitrogens is 2. The largest absolute Gasteiger partial charge is 0.481 e. The molecule has 10 heteroatoms. The number of halogens is 2. The van der Waals surface area contributed by atoms with E-state index in [4.69, 9.17) is 42.6 Å². The van der Waals surface area contributed by atoms with Crippen LogP contribution in [-0.2, 0) is 13.1 Å². The molecule has 2 aromatic heterocycles. The van der Waals surface area contributed by atoms with Crippen molar-refractivity contribution >= 4 is 23.2 Å². The second-order valence-electron chi connectivity index (χ2n) is 10.8. The van der Waals surface area contributed by atoms with Gasteiger partial charge in [-0.25, -0.2) is 9.97 Å². The van der Waals surface area contributed by atoms with Gasteiger partial charge in [-0.3, -0.25) is 9.80 Å². The number of methoxy groups -OCH3 is 2. The van der Waals surface area contributed by atoms with E-state index in [-0.39, 0.29) is 12.2 Å². The first kappa shape index (κ1) is 28.9. The number of β-amino-alcohol motifs (C(OH)–C–C–N with tert-alkyl or cyclic N) is 2. The first-order chi connectivity index (χ1) is 20.3. The summed E-state index contributed by atoms with van der Waals surface area (Å²) in [7, 11) is 3.21. The predicted octanol–water partition coefficient (Wildman–Crippen LogP) is 5.15. The molecule has 0 atom stereocenters. The second-order valence-corrected chi connectivity index (χ2v) is 11.5. The molecule has 2 fully saturated rings. The van der Waals surface area contributed by atoms with Gasteiger partial charge in [-0.15, -0.1) is 0 Å². The van der Waals surface area contributed by atoms with Gasteiger partial charge in [0.25, 0.3) is 0 Å². The molecular weight excluding hydrogens is 575 g/mol. The first-order valence-electron chi connectivity index (χ1n) is 13.8. The van der Waals surface area contributed by atoms with Gasteiger partial charge in [0.2, 0.25) is 11.8 Å². The van der Waals surface area contributed by atoms with Crippen molar-refractivity contribution in [2.24, 2.45) is 0 Å². The van der Waals surface area contributed by atoms with Crippen molar-refractivity contribution in [1.29, 1.82) is 0 Å². The molecule has 2 aliphatic rings. The molecule has 4 heterocycles. The van der Waals surface area contributed by atoms with Gasteiger partial charge in [-0.1, -0.05) is 71.7 Å². The third-order valence-corrected chi connectivity index (χ3v) is 8.58. The maximum Gasteiger partial charge on any atom is 0.218 e. The summed E-state index contributed by atoms with van der Waals surface area (Å²) in [5, 5.41) is 20.3. The van der Waals surface area contributed by atoms with Gasteiger partial charge in [0.15, 0.2) is 0 Å². The summed E-state index contributed by atoms with van der Waals surface area (Å²) in [5.74, 6) is 1.06. The molecule has 0 aliphatic carbocycles. The van der Waals surface area contributed by atoms with Gasteiger partial charge < -0.3 is 19.7 Å². The van der Waals surface area contributed by atoms with Gasteiger partial charge in [0.1, 0.15) is 0 Å². The number of hydrogen-bond donors (Lipinski definition) is 2. The molecule has 6 rings (SSSR count). The highest BCUT2D eigenvalue weighted by Crippen LogP contribution is 2.42. The van der Waals surface area contributed by atoms with Crippen molar-refractivity contribution in [3.8, 4) is 45.4 Å². The SMILES string of the molecule is COc1nc(-c2cccc(-c3cccc(-c4ccc(CN5CC(O)C5)c(OC)n4)c3Cl)c2Cl)ccc1CN1CC(O)C1. The predicted molar refractivity (Wildman–Crippen MR) is 164 cm³/mol. The number of pyridine rings is 2. The van der Waals surface area contributed by atoms with Crippen molar-refractivity contribution < 1.29 is 19.7 Å². The van der Waals surface area contributed by atoms with Crippen LogP contribution in [0, 0.1) is 0 Å². The number of nitrogens with zero attached hydrogens (tertiary/aromatic N) is 4. The minimum Gasteiger partial charge on any atom is -0.481 e. The summed E-state index contributed by atoms with van der Waals surface area (Å²) >= 11 is 14.1. The highest BCUT2D eigenvalue weighted by Gasteiger charge is 2.27. The average molecular weight is 608 g/mol. The number of aliphatic hydroxyl groups is 2. The number of aliphatic hydroxyl groups excluding tert-OH is 2. The van der Waals surface area contributed by atoms with Crippen LogP contribution in [-0.4, -0.2) is 82.6 Å². The third kappa shape index (κ3) is 5.71. The lowest BCUT2D eigenvalue weighted by molar-refractivity contribution is -0.00349. The van der Waals surface area contributed by atoms with Crippen molar-refractivity contribution in [3.63, 3.8) is 0 Å². The van der Waals surface area contributed by atoms with Crippen LogP contribution < -0.4 is 9.47 Å². The quantitative estimate of drug-likeness (QED) is 0.270. The molecule has 2 N–H and O–H groups in total. The Balaban J connectivity index is 1.30. The number of hydrogen-bond acceptors (Lipinski definition) is 8. The molecule has 2 aliphatic heterocycles. The fraction of sp³-hybridized carbons (Fsp3) is 0.312. The van der Waals surface area contributed by atoms with Gasteiger partial charge in [0, 0.05) is 72.6 Å². The summed E-state index contributed by atoms with van der Waals surface area (Å²) < 4.78 is 11.2. The summed E-state index contributed by atoms with van der Waals surface area (Å²) in [4.78, 5) is 13.8. The van der Waals surface area contributed by atoms with Crippen molar-refractivity contribution in [2.45, 2.75) is 25.3 Å². The molecule has 2 aromatic carbocycles. The van der Waals surface area contributed by atoms with Crippen molar-refractivity contribution in [3.05, 3.63) is 81.8 Å². The summed E-state index contributed by atoms with van der Waals surface area (Å²) in [5.41, 5.74) is 6.37. The standard InChI is InChI=1S/C32H32Cl2N4O4/c1-41-31-19(13-37-15-21(39)16-37)9-11-27(35-31)25-7-3-5-23(29(25)33)24-6-4-8-26(30(24)34)28-12-10-20(32(36-28)42-2)14-38-17-22(40)18-38/h3-12,21-22,39-40H,13-18H2,1-2H3. The normalized spacial score (nSPS) is 16.2. The molecule has 0 spiro atoms. The highest BCUT2D eigenvalue weighted by atomic mass is 35.5. The third-order valence-electron chi connectivity index (χ3n) is 7.77. The average Bonchev–Trinajstić information content (AvgIpc) is 2.96. The van der Waals surface area contributed by atoms with E-state index in [0.717, 1.165) is 33.4 Å². The lowest BCUT2D eigenvalue weighted by atomic mass is 9.98. The van der Waals surface area contributed by atoms with Crippen LogP contribution in [0.1, 0.15) is 11.1 Å². The Morgan fingerprint density at radius 2 is 1.02 bits per heavy atom. The van der Waals surface area contributed by atoms with Crippen LogP contribution in [0.25, 0.3) is 33.6 Å². The van der Waals surface area contributed by atoms with E-state index in [9.17, 15) is 10.2 Å². The van der Waals surface area contributed by atoms with Gasteiger partial charge in [-0.05, 0) is 12.1 Å². The van der Waals surface area contributed by atoms with Gasteiger partial charge in [0.05, 0.1) is 47.9 Å². The van der Waals surface area contributed by atoms with E-state index in [2.05, 4.69) is 9.80 Å². The molecular formula is C32H32Cl2N4O4. The number of likely N-dealkylation sites (tertiary alicyclic amines) is 2. The monoisotopic (exact) mass is 606 g/mol. The zero-order valence-electron chi connectivity index (χ0n) is 23.4. The Bertz CT molecular complexity index is 1490. The highest BCUT2D eigenvalue weighted by molar-refractivity contribution is 6.39. The second kappa shape index (κ2) is 12.2. The smallest absolute Gasteiger partial charge is 0.218 e. The van der Waals surface area contributed by atoms with Crippen molar-refractivity contribution in [2.75, 3.05) is 40.4 Å². The lowest BCUT2D eigenvalue weighted by Crippen LogP contribution is -2.49. The molecule has 0 radical (unpaired) electrons. The number of rotatable bonds is 9. The summed E-state index contributed by atoms with van der Waals surface area (Å²) in [6.45, 7) is 3.91. The fourth-order valence-electron chi connectivity index (χ4n) is 5.53. The van der Waals surface area contributed by atoms with Gasteiger partial charge in [-0.2, -0.15) is 0 Å². The fourth-order valence-corrected chi connectivity index (χ4v) is 6.18. The van der Waals surface area contributed by atoms with E-state index in [1.165, 1.54) is 0 Å². The van der Waals surface area contributed by atoms with E-state index in [0.29, 0.717) is 72.5 Å². The van der Waals surface area contributed by atoms with E-state index in [1.807, 2.05) is 60.7 Å². The molecule has 0 amide bonds. The van der Waals surface area contributed by atoms with Gasteiger partial charge >= 0.3 is 0 Å². The molecule has 8 nitrogen and oxygen atoms in total. The van der Waals surface area contributed by atoms with Crippen LogP contribution in [0.2, 0.25) is 10.0 Å². The summed E-state index contributed by atoms with van der Waals surface area (Å²) in [6, 6.07) is 19.5. The Morgan fingerprint density at radius 1 is 0.643 bits per heavy atom. The molecule has 42 heavy (non-hydrogen) atoms. The Morgan fingerprint density at radius 3 is 1.38 bits per heavy atom. The van der Waals surface area contributed by atoms with Crippen LogP contribution in [0.3, 0.4) is 0 Å². The minimum atomic E-state index is -0.265. The van der Waals surface area contributed by atoms with E-state index in [1.54, 1.807) is 14.2 Å². The van der Waals surface area contributed by atoms with Crippen LogP contribution in [0.15, 0.2) is 60.7 Å². The maximum absolute atomic E-state index is 9.62. The molecule has 4 aromatic rings. The Labute approximate surface area is 255 Å². The first-order valence-corrected chi connectivity index (χ1v) is 14.6. The molecule has 2 saturated heterocycles. The summed E-state index contributed by atoms with van der Waals surface area (Å²) in [6.07, 6.45) is -0.531. The number of ether oxygens (including phenoxy) is 2. The zero-order chi connectivity index (χ0) is 29.4. The van der Waals surface area contributed by atoms with E-state index < -0.39 is 0 Å². The minimum absolute atomic E-state index is 0.265. The molecule has 218 valence electrons. The van der Waals surface area contributed by atoms with Crippen LogP contribution in [0.4, 0.5) is 0 Å². The van der Waals surface area contributed by atoms with Crippen molar-refractivity contribution in [1.82, 2.24) is 19.8 Å². The molecule has 0 saturated carbocycles. The van der Waals surface area contributed by atoms with Crippen LogP contribution >= 0.6 is 23.2 Å². The van der Waals surface area contributed by atoms with E-state index >= 15 is 0 Å².